The number of aromatic nitrogens is 2. The lowest BCUT2D eigenvalue weighted by Crippen LogP contribution is -2.45. The Kier molecular flexibility index (Phi) is 9.21. The van der Waals surface area contributed by atoms with E-state index in [9.17, 15) is 4.79 Å². The first-order valence-electron chi connectivity index (χ1n) is 8.84. The van der Waals surface area contributed by atoms with Gasteiger partial charge in [-0.15, -0.1) is 24.8 Å². The highest BCUT2D eigenvalue weighted by atomic mass is 35.5. The van der Waals surface area contributed by atoms with E-state index in [-0.39, 0.29) is 36.8 Å². The third-order valence-corrected chi connectivity index (χ3v) is 5.24. The number of rotatable bonds is 5. The largest absolute Gasteiger partial charge is 0.341 e. The zero-order chi connectivity index (χ0) is 16.2. The van der Waals surface area contributed by atoms with Gasteiger partial charge in [0.25, 0.3) is 0 Å². The fourth-order valence-electron chi connectivity index (χ4n) is 3.87. The highest BCUT2D eigenvalue weighted by Crippen LogP contribution is 2.23. The minimum atomic E-state index is -0.279. The SMILES string of the molecule is CNC(C(=O)N1CCC(CN2CCCC2)CC1)c1cnn(C)c1.Cl.Cl. The van der Waals surface area contributed by atoms with E-state index in [1.165, 1.54) is 32.5 Å². The molecule has 1 N–H and O–H groups in total. The van der Waals surface area contributed by atoms with Crippen molar-refractivity contribution in [2.75, 3.05) is 39.8 Å². The number of likely N-dealkylation sites (tertiary alicyclic amines) is 2. The average molecular weight is 392 g/mol. The van der Waals surface area contributed by atoms with Crippen LogP contribution in [0.3, 0.4) is 0 Å². The third-order valence-electron chi connectivity index (χ3n) is 5.24. The second-order valence-electron chi connectivity index (χ2n) is 6.95. The van der Waals surface area contributed by atoms with E-state index < -0.39 is 0 Å². The maximum atomic E-state index is 12.8. The summed E-state index contributed by atoms with van der Waals surface area (Å²) in [5.74, 6) is 0.934. The number of nitrogens with one attached hydrogen (secondary N) is 1. The summed E-state index contributed by atoms with van der Waals surface area (Å²) < 4.78 is 1.75. The quantitative estimate of drug-likeness (QED) is 0.831. The predicted octanol–water partition coefficient (Wildman–Crippen LogP) is 1.86. The van der Waals surface area contributed by atoms with Gasteiger partial charge in [-0.25, -0.2) is 0 Å². The molecule has 25 heavy (non-hydrogen) atoms. The molecule has 1 aromatic rings. The van der Waals surface area contributed by atoms with E-state index in [0.717, 1.165) is 37.4 Å². The van der Waals surface area contributed by atoms with Crippen LogP contribution in [0, 0.1) is 5.92 Å². The molecule has 3 heterocycles. The number of likely N-dealkylation sites (N-methyl/N-ethyl adjacent to an activating group) is 1. The van der Waals surface area contributed by atoms with Crippen LogP contribution >= 0.6 is 24.8 Å². The van der Waals surface area contributed by atoms with Crippen LogP contribution in [0.2, 0.25) is 0 Å². The first kappa shape index (κ1) is 22.2. The summed E-state index contributed by atoms with van der Waals surface area (Å²) in [6.45, 7) is 5.52. The molecule has 2 saturated heterocycles. The van der Waals surface area contributed by atoms with E-state index in [2.05, 4.69) is 15.3 Å². The van der Waals surface area contributed by atoms with E-state index in [4.69, 9.17) is 0 Å². The van der Waals surface area contributed by atoms with Crippen LogP contribution in [0.15, 0.2) is 12.4 Å². The molecule has 8 heteroatoms. The standard InChI is InChI=1S/C17H29N5O.2ClH/c1-18-16(15-11-19-20(2)13-15)17(23)22-9-5-14(6-10-22)12-21-7-3-4-8-21;;/h11,13-14,16,18H,3-10,12H2,1-2H3;2*1H. The van der Waals surface area contributed by atoms with Gasteiger partial charge < -0.3 is 15.1 Å². The van der Waals surface area contributed by atoms with Crippen molar-refractivity contribution in [2.45, 2.75) is 31.7 Å². The molecular weight excluding hydrogens is 361 g/mol. The molecule has 1 unspecified atom stereocenters. The predicted molar refractivity (Wildman–Crippen MR) is 104 cm³/mol. The maximum absolute atomic E-state index is 12.8. The number of carbonyl (C=O) groups excluding carboxylic acids is 1. The fraction of sp³-hybridized carbons (Fsp3) is 0.765. The van der Waals surface area contributed by atoms with Gasteiger partial charge in [0.05, 0.1) is 6.20 Å². The molecule has 1 atom stereocenters. The minimum Gasteiger partial charge on any atom is -0.341 e. The minimum absolute atomic E-state index is 0. The summed E-state index contributed by atoms with van der Waals surface area (Å²) in [6, 6.07) is -0.279. The van der Waals surface area contributed by atoms with Crippen LogP contribution in [0.5, 0.6) is 0 Å². The molecule has 144 valence electrons. The smallest absolute Gasteiger partial charge is 0.244 e. The molecule has 6 nitrogen and oxygen atoms in total. The zero-order valence-electron chi connectivity index (χ0n) is 15.2. The summed E-state index contributed by atoms with van der Waals surface area (Å²) in [5, 5.41) is 7.33. The van der Waals surface area contributed by atoms with Gasteiger partial charge in [-0.05, 0) is 51.7 Å². The van der Waals surface area contributed by atoms with E-state index in [1.54, 1.807) is 10.9 Å². The molecule has 0 bridgehead atoms. The van der Waals surface area contributed by atoms with Gasteiger partial charge in [-0.2, -0.15) is 5.10 Å². The van der Waals surface area contributed by atoms with E-state index >= 15 is 0 Å². The molecular formula is C17H31Cl2N5O. The number of amides is 1. The lowest BCUT2D eigenvalue weighted by Gasteiger charge is -2.35. The average Bonchev–Trinajstić information content (AvgIpc) is 3.21. The maximum Gasteiger partial charge on any atom is 0.244 e. The Bertz CT molecular complexity index is 525. The summed E-state index contributed by atoms with van der Waals surface area (Å²) in [5.41, 5.74) is 0.944. The Labute approximate surface area is 163 Å². The monoisotopic (exact) mass is 391 g/mol. The van der Waals surface area contributed by atoms with Crippen LogP contribution < -0.4 is 5.32 Å². The van der Waals surface area contributed by atoms with Gasteiger partial charge in [-0.1, -0.05) is 0 Å². The number of halogens is 2. The normalized spacial score (nSPS) is 20.0. The molecule has 0 saturated carbocycles. The zero-order valence-corrected chi connectivity index (χ0v) is 16.8. The van der Waals surface area contributed by atoms with Gasteiger partial charge in [0.15, 0.2) is 0 Å². The van der Waals surface area contributed by atoms with Crippen molar-refractivity contribution in [2.24, 2.45) is 13.0 Å². The summed E-state index contributed by atoms with van der Waals surface area (Å²) in [4.78, 5) is 17.4. The molecule has 1 aromatic heterocycles. The number of aryl methyl sites for hydroxylation is 1. The van der Waals surface area contributed by atoms with Gasteiger partial charge in [0.1, 0.15) is 6.04 Å². The Hall–Kier alpha value is -0.820. The second kappa shape index (κ2) is 10.4. The summed E-state index contributed by atoms with van der Waals surface area (Å²) in [7, 11) is 3.72. The lowest BCUT2D eigenvalue weighted by molar-refractivity contribution is -0.135. The molecule has 2 fully saturated rings. The van der Waals surface area contributed by atoms with Crippen molar-refractivity contribution in [1.82, 2.24) is 24.9 Å². The fourth-order valence-corrected chi connectivity index (χ4v) is 3.87. The first-order valence-corrected chi connectivity index (χ1v) is 8.84. The molecule has 1 amide bonds. The molecule has 0 aliphatic carbocycles. The number of piperidine rings is 1. The number of nitrogens with zero attached hydrogens (tertiary/aromatic N) is 4. The van der Waals surface area contributed by atoms with Crippen molar-refractivity contribution in [1.29, 1.82) is 0 Å². The summed E-state index contributed by atoms with van der Waals surface area (Å²) in [6.07, 6.45) is 8.66. The molecule has 0 aromatic carbocycles. The highest BCUT2D eigenvalue weighted by molar-refractivity contribution is 5.85. The Morgan fingerprint density at radius 2 is 1.88 bits per heavy atom. The van der Waals surface area contributed by atoms with Crippen LogP contribution in [0.25, 0.3) is 0 Å². The molecule has 2 aliphatic heterocycles. The molecule has 0 spiro atoms. The Morgan fingerprint density at radius 3 is 2.40 bits per heavy atom. The van der Waals surface area contributed by atoms with Gasteiger partial charge in [0, 0.05) is 38.4 Å². The van der Waals surface area contributed by atoms with E-state index in [0.29, 0.717) is 0 Å². The van der Waals surface area contributed by atoms with Crippen LogP contribution in [0.1, 0.15) is 37.3 Å². The van der Waals surface area contributed by atoms with Crippen LogP contribution in [-0.2, 0) is 11.8 Å². The third kappa shape index (κ3) is 5.58. The van der Waals surface area contributed by atoms with Crippen molar-refractivity contribution >= 4 is 30.7 Å². The van der Waals surface area contributed by atoms with Crippen LogP contribution in [-0.4, -0.2) is 65.3 Å². The Morgan fingerprint density at radius 1 is 1.24 bits per heavy atom. The van der Waals surface area contributed by atoms with Crippen molar-refractivity contribution in [3.63, 3.8) is 0 Å². The molecule has 2 aliphatic rings. The van der Waals surface area contributed by atoms with Crippen LogP contribution in [0.4, 0.5) is 0 Å². The molecule has 0 radical (unpaired) electrons. The van der Waals surface area contributed by atoms with Crippen molar-refractivity contribution in [3.05, 3.63) is 18.0 Å². The van der Waals surface area contributed by atoms with Gasteiger partial charge >= 0.3 is 0 Å². The summed E-state index contributed by atoms with van der Waals surface area (Å²) >= 11 is 0. The number of hydrogen-bond donors (Lipinski definition) is 1. The Balaban J connectivity index is 0.00000156. The van der Waals surface area contributed by atoms with Crippen molar-refractivity contribution < 1.29 is 4.79 Å². The number of hydrogen-bond acceptors (Lipinski definition) is 4. The molecule has 3 rings (SSSR count). The number of carbonyl (C=O) groups is 1. The van der Waals surface area contributed by atoms with Gasteiger partial charge in [-0.3, -0.25) is 9.48 Å². The van der Waals surface area contributed by atoms with Gasteiger partial charge in [0.2, 0.25) is 5.91 Å². The first-order chi connectivity index (χ1) is 11.2. The second-order valence-corrected chi connectivity index (χ2v) is 6.95. The van der Waals surface area contributed by atoms with Crippen molar-refractivity contribution in [3.8, 4) is 0 Å². The lowest BCUT2D eigenvalue weighted by atomic mass is 9.95. The highest BCUT2D eigenvalue weighted by Gasteiger charge is 2.30. The van der Waals surface area contributed by atoms with E-state index in [1.807, 2.05) is 25.2 Å². The topological polar surface area (TPSA) is 53.4 Å².